The van der Waals surface area contributed by atoms with Gasteiger partial charge in [0.1, 0.15) is 17.5 Å². The topological polar surface area (TPSA) is 75.9 Å². The molecule has 18 heavy (non-hydrogen) atoms. The van der Waals surface area contributed by atoms with Crippen LogP contribution in [0.1, 0.15) is 12.7 Å². The van der Waals surface area contributed by atoms with Gasteiger partial charge < -0.3 is 10.7 Å². The van der Waals surface area contributed by atoms with Crippen LogP contribution in [0.4, 0.5) is 17.3 Å². The third-order valence-corrected chi connectivity index (χ3v) is 3.06. The smallest absolute Gasteiger partial charge is 0.145 e. The van der Waals surface area contributed by atoms with Crippen LogP contribution < -0.4 is 16.6 Å². The van der Waals surface area contributed by atoms with Gasteiger partial charge in [-0.05, 0) is 28.1 Å². The van der Waals surface area contributed by atoms with Crippen molar-refractivity contribution in [2.45, 2.75) is 13.3 Å². The Bertz CT molecular complexity index is 521. The number of hydrogen-bond acceptors (Lipinski definition) is 5. The average molecular weight is 308 g/mol. The number of para-hydroxylation sites is 1. The summed E-state index contributed by atoms with van der Waals surface area (Å²) >= 11 is 3.48. The van der Waals surface area contributed by atoms with Crippen LogP contribution in [0, 0.1) is 0 Å². The van der Waals surface area contributed by atoms with E-state index in [0.29, 0.717) is 11.6 Å². The molecule has 0 bridgehead atoms. The maximum Gasteiger partial charge on any atom is 0.145 e. The fourth-order valence-corrected chi connectivity index (χ4v) is 1.88. The van der Waals surface area contributed by atoms with Crippen LogP contribution in [-0.2, 0) is 6.42 Å². The maximum absolute atomic E-state index is 5.39. The van der Waals surface area contributed by atoms with Gasteiger partial charge in [-0.25, -0.2) is 15.8 Å². The standard InChI is InChI=1S/C12H14BrN5/c1-2-10-16-11(7-12(17-10)18-14)15-9-6-4-3-5-8(9)13/h3-7H,2,14H2,1H3,(H2,15,16,17,18). The number of halogens is 1. The number of aromatic nitrogens is 2. The second-order valence-corrected chi connectivity index (χ2v) is 4.51. The van der Waals surface area contributed by atoms with Gasteiger partial charge in [0.15, 0.2) is 0 Å². The van der Waals surface area contributed by atoms with Crippen LogP contribution in [0.25, 0.3) is 0 Å². The van der Waals surface area contributed by atoms with E-state index in [1.54, 1.807) is 6.07 Å². The third kappa shape index (κ3) is 2.96. The minimum absolute atomic E-state index is 0.594. The molecule has 0 spiro atoms. The number of benzene rings is 1. The molecular weight excluding hydrogens is 294 g/mol. The summed E-state index contributed by atoms with van der Waals surface area (Å²) in [6, 6.07) is 9.61. The number of nitrogen functional groups attached to an aromatic ring is 1. The highest BCUT2D eigenvalue weighted by Gasteiger charge is 2.04. The fourth-order valence-electron chi connectivity index (χ4n) is 1.49. The summed E-state index contributed by atoms with van der Waals surface area (Å²) < 4.78 is 0.976. The minimum Gasteiger partial charge on any atom is -0.339 e. The summed E-state index contributed by atoms with van der Waals surface area (Å²) in [5, 5.41) is 3.23. The fraction of sp³-hybridized carbons (Fsp3) is 0.167. The van der Waals surface area contributed by atoms with E-state index >= 15 is 0 Å². The van der Waals surface area contributed by atoms with Crippen molar-refractivity contribution in [1.82, 2.24) is 9.97 Å². The second-order valence-electron chi connectivity index (χ2n) is 3.66. The molecule has 0 saturated heterocycles. The highest BCUT2D eigenvalue weighted by Crippen LogP contribution is 2.25. The summed E-state index contributed by atoms with van der Waals surface area (Å²) in [6.45, 7) is 2.00. The van der Waals surface area contributed by atoms with Crippen molar-refractivity contribution in [3.63, 3.8) is 0 Å². The Balaban J connectivity index is 2.31. The van der Waals surface area contributed by atoms with E-state index in [1.807, 2.05) is 31.2 Å². The molecule has 0 aliphatic heterocycles. The van der Waals surface area contributed by atoms with Crippen molar-refractivity contribution in [2.75, 3.05) is 10.7 Å². The molecule has 4 N–H and O–H groups in total. The molecule has 1 heterocycles. The summed E-state index contributed by atoms with van der Waals surface area (Å²) in [5.74, 6) is 7.43. The number of anilines is 3. The lowest BCUT2D eigenvalue weighted by molar-refractivity contribution is 0.941. The van der Waals surface area contributed by atoms with Crippen molar-refractivity contribution < 1.29 is 0 Å². The Morgan fingerprint density at radius 3 is 2.61 bits per heavy atom. The van der Waals surface area contributed by atoms with Gasteiger partial charge in [0, 0.05) is 17.0 Å². The predicted molar refractivity (Wildman–Crippen MR) is 76.6 cm³/mol. The molecule has 0 aliphatic rings. The zero-order valence-electron chi connectivity index (χ0n) is 9.94. The normalized spacial score (nSPS) is 10.2. The lowest BCUT2D eigenvalue weighted by Crippen LogP contribution is -2.11. The molecule has 94 valence electrons. The monoisotopic (exact) mass is 307 g/mol. The van der Waals surface area contributed by atoms with Gasteiger partial charge in [0.25, 0.3) is 0 Å². The van der Waals surface area contributed by atoms with E-state index in [0.717, 1.165) is 22.4 Å². The molecule has 0 atom stereocenters. The van der Waals surface area contributed by atoms with Crippen molar-refractivity contribution in [3.8, 4) is 0 Å². The molecule has 1 aromatic carbocycles. The molecule has 5 nitrogen and oxygen atoms in total. The first-order chi connectivity index (χ1) is 8.72. The number of aryl methyl sites for hydroxylation is 1. The van der Waals surface area contributed by atoms with Crippen LogP contribution in [0.15, 0.2) is 34.8 Å². The highest BCUT2D eigenvalue weighted by molar-refractivity contribution is 9.10. The second kappa shape index (κ2) is 5.79. The Morgan fingerprint density at radius 2 is 1.94 bits per heavy atom. The Kier molecular flexibility index (Phi) is 4.11. The van der Waals surface area contributed by atoms with Crippen molar-refractivity contribution in [1.29, 1.82) is 0 Å². The molecule has 0 radical (unpaired) electrons. The lowest BCUT2D eigenvalue weighted by atomic mass is 10.3. The molecule has 0 saturated carbocycles. The summed E-state index contributed by atoms with van der Waals surface area (Å²) in [7, 11) is 0. The van der Waals surface area contributed by atoms with Gasteiger partial charge in [-0.2, -0.15) is 0 Å². The van der Waals surface area contributed by atoms with Gasteiger partial charge in [-0.15, -0.1) is 0 Å². The van der Waals surface area contributed by atoms with Gasteiger partial charge in [-0.1, -0.05) is 19.1 Å². The number of nitrogens with two attached hydrogens (primary N) is 1. The van der Waals surface area contributed by atoms with Crippen LogP contribution in [0.3, 0.4) is 0 Å². The lowest BCUT2D eigenvalue weighted by Gasteiger charge is -2.10. The zero-order chi connectivity index (χ0) is 13.0. The molecule has 0 aliphatic carbocycles. The Hall–Kier alpha value is -1.66. The van der Waals surface area contributed by atoms with E-state index in [4.69, 9.17) is 5.84 Å². The molecule has 2 rings (SSSR count). The first-order valence-corrected chi connectivity index (χ1v) is 6.38. The molecule has 0 unspecified atom stereocenters. The van der Waals surface area contributed by atoms with Crippen LogP contribution in [0.2, 0.25) is 0 Å². The van der Waals surface area contributed by atoms with Gasteiger partial charge in [-0.3, -0.25) is 0 Å². The number of nitrogens with zero attached hydrogens (tertiary/aromatic N) is 2. The first kappa shape index (κ1) is 12.8. The van der Waals surface area contributed by atoms with Crippen LogP contribution >= 0.6 is 15.9 Å². The van der Waals surface area contributed by atoms with E-state index in [9.17, 15) is 0 Å². The number of nitrogens with one attached hydrogen (secondary N) is 2. The Labute approximate surface area is 114 Å². The van der Waals surface area contributed by atoms with Crippen molar-refractivity contribution in [2.24, 2.45) is 5.84 Å². The van der Waals surface area contributed by atoms with Crippen molar-refractivity contribution in [3.05, 3.63) is 40.6 Å². The summed E-state index contributed by atoms with van der Waals surface area (Å²) in [6.07, 6.45) is 0.750. The minimum atomic E-state index is 0.594. The van der Waals surface area contributed by atoms with Gasteiger partial charge in [0.05, 0.1) is 5.69 Å². The van der Waals surface area contributed by atoms with Crippen LogP contribution in [-0.4, -0.2) is 9.97 Å². The maximum atomic E-state index is 5.39. The molecule has 0 fully saturated rings. The zero-order valence-corrected chi connectivity index (χ0v) is 11.5. The number of rotatable bonds is 4. The van der Waals surface area contributed by atoms with Crippen LogP contribution in [0.5, 0.6) is 0 Å². The quantitative estimate of drug-likeness (QED) is 0.598. The summed E-state index contributed by atoms with van der Waals surface area (Å²) in [5.41, 5.74) is 3.49. The highest BCUT2D eigenvalue weighted by atomic mass is 79.9. The van der Waals surface area contributed by atoms with E-state index < -0.39 is 0 Å². The largest absolute Gasteiger partial charge is 0.339 e. The molecular formula is C12H14BrN5. The van der Waals surface area contributed by atoms with Gasteiger partial charge >= 0.3 is 0 Å². The van der Waals surface area contributed by atoms with E-state index in [1.165, 1.54) is 0 Å². The number of hydrazine groups is 1. The van der Waals surface area contributed by atoms with E-state index in [-0.39, 0.29) is 0 Å². The summed E-state index contributed by atoms with van der Waals surface area (Å²) in [4.78, 5) is 8.63. The van der Waals surface area contributed by atoms with Crippen molar-refractivity contribution >= 4 is 33.3 Å². The Morgan fingerprint density at radius 1 is 1.22 bits per heavy atom. The molecule has 0 amide bonds. The third-order valence-electron chi connectivity index (χ3n) is 2.37. The SMILES string of the molecule is CCc1nc(NN)cc(Nc2ccccc2Br)n1. The number of hydrogen-bond donors (Lipinski definition) is 3. The van der Waals surface area contributed by atoms with Gasteiger partial charge in [0.2, 0.25) is 0 Å². The predicted octanol–water partition coefficient (Wildman–Crippen LogP) is 2.83. The first-order valence-electron chi connectivity index (χ1n) is 5.59. The van der Waals surface area contributed by atoms with E-state index in [2.05, 4.69) is 36.6 Å². The average Bonchev–Trinajstić information content (AvgIpc) is 2.41. The molecule has 6 heteroatoms. The molecule has 1 aromatic heterocycles. The molecule has 2 aromatic rings.